The summed E-state index contributed by atoms with van der Waals surface area (Å²) < 4.78 is 22.0. The fraction of sp³-hybridized carbons (Fsp3) is 0.552. The summed E-state index contributed by atoms with van der Waals surface area (Å²) in [4.78, 5) is 72.7. The van der Waals surface area contributed by atoms with Gasteiger partial charge in [0.2, 0.25) is 5.17 Å². The molecular formula is C29H41N7O9S. The molecule has 1 atom stereocenters. The summed E-state index contributed by atoms with van der Waals surface area (Å²) in [6.07, 6.45) is -6.90. The van der Waals surface area contributed by atoms with Crippen molar-refractivity contribution in [1.29, 1.82) is 0 Å². The van der Waals surface area contributed by atoms with E-state index >= 15 is 0 Å². The van der Waals surface area contributed by atoms with E-state index in [1.165, 1.54) is 0 Å². The maximum absolute atomic E-state index is 14.5. The van der Waals surface area contributed by atoms with Gasteiger partial charge in [-0.3, -0.25) is 4.79 Å². The molecule has 1 unspecified atom stereocenters. The Morgan fingerprint density at radius 1 is 0.804 bits per heavy atom. The molecule has 1 aromatic carbocycles. The van der Waals surface area contributed by atoms with Gasteiger partial charge in [0.1, 0.15) is 5.71 Å². The quantitative estimate of drug-likeness (QED) is 0.240. The Balaban J connectivity index is 2.28. The van der Waals surface area contributed by atoms with Crippen molar-refractivity contribution in [1.82, 2.24) is 19.9 Å². The molecule has 0 aromatic heterocycles. The highest BCUT2D eigenvalue weighted by atomic mass is 32.2. The van der Waals surface area contributed by atoms with Crippen LogP contribution in [-0.2, 0) is 23.7 Å². The minimum absolute atomic E-state index is 0.0866. The van der Waals surface area contributed by atoms with Crippen LogP contribution in [-0.4, -0.2) is 85.7 Å². The topological polar surface area (TPSA) is 172 Å². The Morgan fingerprint density at radius 3 is 1.87 bits per heavy atom. The van der Waals surface area contributed by atoms with E-state index in [9.17, 15) is 24.0 Å². The Labute approximate surface area is 272 Å². The summed E-state index contributed by atoms with van der Waals surface area (Å²) in [7, 11) is 0. The summed E-state index contributed by atoms with van der Waals surface area (Å²) in [5.74, 6) is -1.33. The zero-order valence-electron chi connectivity index (χ0n) is 27.5. The number of nitrogens with zero attached hydrogens (tertiary/aromatic N) is 6. The molecule has 2 heterocycles. The van der Waals surface area contributed by atoms with Crippen LogP contribution in [0.4, 0.5) is 24.9 Å². The Hall–Kier alpha value is -4.54. The molecule has 0 fully saturated rings. The van der Waals surface area contributed by atoms with Crippen molar-refractivity contribution >= 4 is 58.8 Å². The van der Waals surface area contributed by atoms with Crippen LogP contribution in [0.25, 0.3) is 0 Å². The smallest absolute Gasteiger partial charge is 0.440 e. The van der Waals surface area contributed by atoms with Crippen LogP contribution in [0.5, 0.6) is 0 Å². The molecule has 0 radical (unpaired) electrons. The predicted octanol–water partition coefficient (Wildman–Crippen LogP) is 5.26. The van der Waals surface area contributed by atoms with Crippen molar-refractivity contribution in [2.75, 3.05) is 5.01 Å². The number of para-hydroxylation sites is 1. The molecule has 0 saturated heterocycles. The molecule has 1 spiro atoms. The first-order valence-electron chi connectivity index (χ1n) is 14.7. The number of nitrogens with one attached hydrogen (secondary N) is 1. The number of amidine groups is 1. The summed E-state index contributed by atoms with van der Waals surface area (Å²) >= 11 is 0.382. The number of hydrazone groups is 1. The second-order valence-corrected chi connectivity index (χ2v) is 12.4. The molecule has 16 nitrogen and oxygen atoms in total. The van der Waals surface area contributed by atoms with Gasteiger partial charge < -0.3 is 18.9 Å². The molecular weight excluding hydrogens is 622 g/mol. The number of ether oxygens (including phenoxy) is 4. The van der Waals surface area contributed by atoms with E-state index < -0.39 is 71.4 Å². The SMILES string of the molecule is CC(C)OC(=O)NN(SC1=NC2(C(=O)N(c3ccccc3)N=C2C(C)C)N(C(=O)OC(C)C)N1C(=O)OC(C)C)C(=O)OC(C)C. The molecule has 1 N–H and O–H groups in total. The number of carbonyl (C=O) groups excluding carboxylic acids is 5. The van der Waals surface area contributed by atoms with Crippen molar-refractivity contribution < 1.29 is 42.9 Å². The highest BCUT2D eigenvalue weighted by molar-refractivity contribution is 8.12. The zero-order chi connectivity index (χ0) is 34.5. The van der Waals surface area contributed by atoms with Gasteiger partial charge in [-0.2, -0.15) is 20.1 Å². The Bertz CT molecular complexity index is 1380. The Kier molecular flexibility index (Phi) is 11.5. The molecule has 0 aliphatic carbocycles. The first-order chi connectivity index (χ1) is 21.5. The Morgan fingerprint density at radius 2 is 1.35 bits per heavy atom. The van der Waals surface area contributed by atoms with Gasteiger partial charge in [-0.1, -0.05) is 32.0 Å². The van der Waals surface area contributed by atoms with E-state index in [1.54, 1.807) is 99.6 Å². The van der Waals surface area contributed by atoms with Crippen LogP contribution in [0.15, 0.2) is 40.4 Å². The summed E-state index contributed by atoms with van der Waals surface area (Å²) in [5.41, 5.74) is 0.420. The predicted molar refractivity (Wildman–Crippen MR) is 169 cm³/mol. The zero-order valence-corrected chi connectivity index (χ0v) is 28.4. The van der Waals surface area contributed by atoms with Crippen molar-refractivity contribution in [2.45, 2.75) is 99.3 Å². The maximum Gasteiger partial charge on any atom is 0.440 e. The molecule has 5 amide bonds. The molecule has 3 rings (SSSR count). The number of carbonyl (C=O) groups is 5. The molecule has 252 valence electrons. The third-order valence-corrected chi connectivity index (χ3v) is 6.63. The van der Waals surface area contributed by atoms with Crippen LogP contribution in [0.3, 0.4) is 0 Å². The fourth-order valence-electron chi connectivity index (χ4n) is 4.21. The summed E-state index contributed by atoms with van der Waals surface area (Å²) in [5, 5.41) is 6.64. The average molecular weight is 664 g/mol. The normalized spacial score (nSPS) is 17.7. The lowest BCUT2D eigenvalue weighted by Gasteiger charge is -2.36. The number of amides is 5. The van der Waals surface area contributed by atoms with E-state index in [2.05, 4.69) is 15.5 Å². The molecule has 2 aliphatic rings. The molecule has 17 heteroatoms. The van der Waals surface area contributed by atoms with Crippen molar-refractivity contribution in [3.8, 4) is 0 Å². The number of hydrazine groups is 2. The van der Waals surface area contributed by atoms with Gasteiger partial charge in [0, 0.05) is 0 Å². The molecule has 0 saturated carbocycles. The summed E-state index contributed by atoms with van der Waals surface area (Å²) in [6, 6.07) is 8.45. The van der Waals surface area contributed by atoms with Gasteiger partial charge in [0.05, 0.1) is 42.1 Å². The van der Waals surface area contributed by atoms with Crippen LogP contribution >= 0.6 is 11.9 Å². The first kappa shape index (κ1) is 35.9. The van der Waals surface area contributed by atoms with E-state index in [1.807, 2.05) is 0 Å². The molecule has 1 aromatic rings. The lowest BCUT2D eigenvalue weighted by Crippen LogP contribution is -2.64. The average Bonchev–Trinajstić information content (AvgIpc) is 3.42. The van der Waals surface area contributed by atoms with E-state index in [0.29, 0.717) is 27.1 Å². The van der Waals surface area contributed by atoms with Crippen molar-refractivity contribution in [3.63, 3.8) is 0 Å². The van der Waals surface area contributed by atoms with Gasteiger partial charge in [-0.25, -0.2) is 29.6 Å². The van der Waals surface area contributed by atoms with E-state index in [-0.39, 0.29) is 5.71 Å². The third-order valence-electron chi connectivity index (χ3n) is 5.78. The molecule has 0 bridgehead atoms. The monoisotopic (exact) mass is 663 g/mol. The number of anilines is 1. The highest BCUT2D eigenvalue weighted by Crippen LogP contribution is 2.42. The van der Waals surface area contributed by atoms with Gasteiger partial charge in [0.15, 0.2) is 0 Å². The van der Waals surface area contributed by atoms with E-state index in [0.717, 1.165) is 10.0 Å². The van der Waals surface area contributed by atoms with Gasteiger partial charge in [-0.05, 0) is 73.4 Å². The lowest BCUT2D eigenvalue weighted by atomic mass is 9.94. The van der Waals surface area contributed by atoms with Crippen LogP contribution in [0.1, 0.15) is 69.2 Å². The number of aliphatic imine (C=N–C) groups is 1. The fourth-order valence-corrected chi connectivity index (χ4v) is 5.01. The van der Waals surface area contributed by atoms with Crippen LogP contribution in [0, 0.1) is 5.92 Å². The second kappa shape index (κ2) is 14.7. The first-order valence-corrected chi connectivity index (χ1v) is 15.5. The minimum atomic E-state index is -2.29. The molecule has 46 heavy (non-hydrogen) atoms. The van der Waals surface area contributed by atoms with Gasteiger partial charge in [-0.15, -0.1) is 4.41 Å². The second-order valence-electron chi connectivity index (χ2n) is 11.5. The maximum atomic E-state index is 14.5. The standard InChI is InChI=1S/C29H41N7O9S/c1-16(2)22-29(23(37)33(31-22)21-14-12-11-13-15-21)30-24(34(26(39)43-18(5)6)35(29)27(40)44-19(7)8)46-36(28(41)45-20(9)10)32-25(38)42-17(3)4/h11-20H,1-10H3,(H,32,38). The lowest BCUT2D eigenvalue weighted by molar-refractivity contribution is -0.128. The number of hydrogen-bond donors (Lipinski definition) is 1. The minimum Gasteiger partial charge on any atom is -0.446 e. The van der Waals surface area contributed by atoms with Gasteiger partial charge >= 0.3 is 30.3 Å². The number of benzene rings is 1. The summed E-state index contributed by atoms with van der Waals surface area (Å²) in [6.45, 7) is 16.2. The number of rotatable bonds is 6. The number of hydrogen-bond acceptors (Lipinski definition) is 12. The third kappa shape index (κ3) is 7.81. The van der Waals surface area contributed by atoms with E-state index in [4.69, 9.17) is 18.9 Å². The molecule has 2 aliphatic heterocycles. The van der Waals surface area contributed by atoms with Gasteiger partial charge in [0.25, 0.3) is 5.66 Å². The van der Waals surface area contributed by atoms with Crippen LogP contribution in [0.2, 0.25) is 0 Å². The van der Waals surface area contributed by atoms with Crippen LogP contribution < -0.4 is 10.4 Å². The largest absolute Gasteiger partial charge is 0.446 e. The van der Waals surface area contributed by atoms with Crippen molar-refractivity contribution in [2.24, 2.45) is 16.0 Å². The highest BCUT2D eigenvalue weighted by Gasteiger charge is 2.67. The van der Waals surface area contributed by atoms with Crippen molar-refractivity contribution in [3.05, 3.63) is 30.3 Å².